The smallest absolute Gasteiger partial charge is 0.251 e. The van der Waals surface area contributed by atoms with Gasteiger partial charge in [-0.15, -0.1) is 0 Å². The van der Waals surface area contributed by atoms with Gasteiger partial charge in [-0.3, -0.25) is 9.78 Å². The summed E-state index contributed by atoms with van der Waals surface area (Å²) in [5.41, 5.74) is 1.86. The third-order valence-electron chi connectivity index (χ3n) is 4.16. The van der Waals surface area contributed by atoms with Gasteiger partial charge in [0.15, 0.2) is 9.84 Å². The lowest BCUT2D eigenvalue weighted by Gasteiger charge is -2.15. The number of sulfone groups is 1. The van der Waals surface area contributed by atoms with Crippen LogP contribution in [0.1, 0.15) is 10.4 Å². The first-order valence-electron chi connectivity index (χ1n) is 8.04. The highest BCUT2D eigenvalue weighted by atomic mass is 32.2. The number of aliphatic hydroxyl groups is 1. The van der Waals surface area contributed by atoms with Gasteiger partial charge in [0.2, 0.25) is 0 Å². The molecule has 2 heterocycles. The van der Waals surface area contributed by atoms with Gasteiger partial charge in [0, 0.05) is 25.2 Å². The second-order valence-electron chi connectivity index (χ2n) is 6.46. The summed E-state index contributed by atoms with van der Waals surface area (Å²) in [4.78, 5) is 22.8. The zero-order chi connectivity index (χ0) is 18.9. The summed E-state index contributed by atoms with van der Waals surface area (Å²) in [6.45, 7) is 0. The predicted octanol–water partition coefficient (Wildman–Crippen LogP) is 0.0973. The van der Waals surface area contributed by atoms with E-state index in [1.165, 1.54) is 0 Å². The number of carbonyl (C=O) groups is 1. The Kier molecular flexibility index (Phi) is 4.92. The highest BCUT2D eigenvalue weighted by Crippen LogP contribution is 2.20. The molecule has 2 N–H and O–H groups in total. The topological polar surface area (TPSA) is 112 Å². The summed E-state index contributed by atoms with van der Waals surface area (Å²) in [5.74, 6) is -0.269. The molecule has 0 saturated carbocycles. The number of rotatable bonds is 4. The summed E-state index contributed by atoms with van der Waals surface area (Å²) < 4.78 is 23.0. The number of aliphatic hydroxyl groups excluding tert-OH is 1. The monoisotopic (exact) mass is 376 g/mol. The van der Waals surface area contributed by atoms with Crippen LogP contribution in [0.25, 0.3) is 11.3 Å². The summed E-state index contributed by atoms with van der Waals surface area (Å²) >= 11 is 0. The normalized spacial score (nSPS) is 21.3. The van der Waals surface area contributed by atoms with Crippen molar-refractivity contribution < 1.29 is 18.3 Å². The van der Waals surface area contributed by atoms with Gasteiger partial charge in [-0.1, -0.05) is 12.1 Å². The van der Waals surface area contributed by atoms with Crippen LogP contribution >= 0.6 is 0 Å². The fourth-order valence-corrected chi connectivity index (χ4v) is 4.46. The van der Waals surface area contributed by atoms with Gasteiger partial charge in [-0.2, -0.15) is 0 Å². The molecule has 1 aromatic carbocycles. The van der Waals surface area contributed by atoms with Gasteiger partial charge in [0.25, 0.3) is 5.91 Å². The molecule has 0 unspecified atom stereocenters. The number of nitrogens with one attached hydrogen (secondary N) is 1. The maximum absolute atomic E-state index is 12.3. The van der Waals surface area contributed by atoms with Crippen molar-refractivity contribution in [2.75, 3.05) is 30.5 Å². The number of nitrogens with zero attached hydrogens (tertiary/aromatic N) is 3. The molecule has 138 valence electrons. The first-order chi connectivity index (χ1) is 12.2. The second-order valence-corrected chi connectivity index (χ2v) is 8.61. The van der Waals surface area contributed by atoms with Gasteiger partial charge in [-0.05, 0) is 12.1 Å². The van der Waals surface area contributed by atoms with E-state index >= 15 is 0 Å². The standard InChI is InChI=1S/C17H20N4O4S/c1-21(2)16-8-18-7-13(19-16)11-3-5-12(6-4-11)17(23)20-14-9-26(24,25)10-15(14)22/h3-8,14-15,22H,9-10H2,1-2H3,(H,20,23)/t14-,15-/m1/s1. The molecule has 2 aromatic rings. The summed E-state index contributed by atoms with van der Waals surface area (Å²) in [6.07, 6.45) is 2.22. The summed E-state index contributed by atoms with van der Waals surface area (Å²) in [6, 6.07) is 5.98. The zero-order valence-corrected chi connectivity index (χ0v) is 15.3. The molecule has 1 aliphatic heterocycles. The van der Waals surface area contributed by atoms with Gasteiger partial charge >= 0.3 is 0 Å². The molecule has 0 bridgehead atoms. The van der Waals surface area contributed by atoms with E-state index in [4.69, 9.17) is 0 Å². The molecule has 0 spiro atoms. The van der Waals surface area contributed by atoms with Crippen molar-refractivity contribution in [3.63, 3.8) is 0 Å². The van der Waals surface area contributed by atoms with Crippen molar-refractivity contribution in [1.82, 2.24) is 15.3 Å². The van der Waals surface area contributed by atoms with E-state index in [2.05, 4.69) is 15.3 Å². The van der Waals surface area contributed by atoms with Crippen molar-refractivity contribution >= 4 is 21.6 Å². The Balaban J connectivity index is 1.73. The molecule has 26 heavy (non-hydrogen) atoms. The molecule has 0 aliphatic carbocycles. The van der Waals surface area contributed by atoms with Gasteiger partial charge < -0.3 is 15.3 Å². The maximum atomic E-state index is 12.3. The van der Waals surface area contributed by atoms with Crippen LogP contribution < -0.4 is 10.2 Å². The Hall–Kier alpha value is -2.52. The molecule has 1 aliphatic rings. The average Bonchev–Trinajstić information content (AvgIpc) is 2.86. The molecule has 3 rings (SSSR count). The fourth-order valence-electron chi connectivity index (χ4n) is 2.72. The van der Waals surface area contributed by atoms with Crippen molar-refractivity contribution in [2.24, 2.45) is 0 Å². The number of aromatic nitrogens is 2. The molecular formula is C17H20N4O4S. The lowest BCUT2D eigenvalue weighted by molar-refractivity contribution is 0.0889. The van der Waals surface area contributed by atoms with Crippen LogP contribution in [-0.2, 0) is 9.84 Å². The van der Waals surface area contributed by atoms with Crippen LogP contribution in [-0.4, -0.2) is 67.1 Å². The summed E-state index contributed by atoms with van der Waals surface area (Å²) in [7, 11) is 0.437. The lowest BCUT2D eigenvalue weighted by atomic mass is 10.1. The summed E-state index contributed by atoms with van der Waals surface area (Å²) in [5, 5.41) is 12.4. The molecule has 9 heteroatoms. The largest absolute Gasteiger partial charge is 0.390 e. The van der Waals surface area contributed by atoms with Crippen molar-refractivity contribution in [3.05, 3.63) is 42.2 Å². The molecule has 1 aromatic heterocycles. The quantitative estimate of drug-likeness (QED) is 0.778. The highest BCUT2D eigenvalue weighted by molar-refractivity contribution is 7.91. The molecular weight excluding hydrogens is 356 g/mol. The number of carbonyl (C=O) groups excluding carboxylic acids is 1. The SMILES string of the molecule is CN(C)c1cncc(-c2ccc(C(=O)N[C@@H]3CS(=O)(=O)C[C@H]3O)cc2)n1. The molecule has 0 radical (unpaired) electrons. The van der Waals surface area contributed by atoms with Crippen LogP contribution in [0.3, 0.4) is 0 Å². The van der Waals surface area contributed by atoms with Crippen LogP contribution in [0.15, 0.2) is 36.7 Å². The van der Waals surface area contributed by atoms with Gasteiger partial charge in [0.1, 0.15) is 5.82 Å². The van der Waals surface area contributed by atoms with Crippen LogP contribution in [0.4, 0.5) is 5.82 Å². The first-order valence-corrected chi connectivity index (χ1v) is 9.86. The van der Waals surface area contributed by atoms with Crippen molar-refractivity contribution in [3.8, 4) is 11.3 Å². The minimum atomic E-state index is -3.31. The van der Waals surface area contributed by atoms with Crippen LogP contribution in [0.5, 0.6) is 0 Å². The van der Waals surface area contributed by atoms with Gasteiger partial charge in [0.05, 0.1) is 41.7 Å². The second kappa shape index (κ2) is 7.00. The Morgan fingerprint density at radius 3 is 2.46 bits per heavy atom. The van der Waals surface area contributed by atoms with E-state index in [1.807, 2.05) is 19.0 Å². The number of hydrogen-bond acceptors (Lipinski definition) is 7. The Bertz CT molecular complexity index is 913. The molecule has 1 fully saturated rings. The average molecular weight is 376 g/mol. The van der Waals surface area contributed by atoms with Crippen LogP contribution in [0.2, 0.25) is 0 Å². The van der Waals surface area contributed by atoms with E-state index in [1.54, 1.807) is 36.7 Å². The Morgan fingerprint density at radius 2 is 1.88 bits per heavy atom. The predicted molar refractivity (Wildman–Crippen MR) is 97.7 cm³/mol. The fraction of sp³-hybridized carbons (Fsp3) is 0.353. The van der Waals surface area contributed by atoms with Crippen molar-refractivity contribution in [1.29, 1.82) is 0 Å². The minimum Gasteiger partial charge on any atom is -0.390 e. The Labute approximate surface area is 151 Å². The van der Waals surface area contributed by atoms with Crippen molar-refractivity contribution in [2.45, 2.75) is 12.1 Å². The van der Waals surface area contributed by atoms with E-state index in [-0.39, 0.29) is 11.5 Å². The molecule has 2 atom stereocenters. The molecule has 8 nitrogen and oxygen atoms in total. The first kappa shape index (κ1) is 18.3. The number of amides is 1. The third kappa shape index (κ3) is 4.00. The van der Waals surface area contributed by atoms with E-state index in [9.17, 15) is 18.3 Å². The van der Waals surface area contributed by atoms with Crippen LogP contribution in [0, 0.1) is 0 Å². The van der Waals surface area contributed by atoms with E-state index in [0.717, 1.165) is 11.4 Å². The minimum absolute atomic E-state index is 0.245. The highest BCUT2D eigenvalue weighted by Gasteiger charge is 2.37. The lowest BCUT2D eigenvalue weighted by Crippen LogP contribution is -2.42. The number of anilines is 1. The maximum Gasteiger partial charge on any atom is 0.251 e. The Morgan fingerprint density at radius 1 is 1.19 bits per heavy atom. The third-order valence-corrected chi connectivity index (χ3v) is 5.88. The molecule has 1 saturated heterocycles. The number of benzene rings is 1. The zero-order valence-electron chi connectivity index (χ0n) is 14.5. The van der Waals surface area contributed by atoms with E-state index in [0.29, 0.717) is 11.3 Å². The van der Waals surface area contributed by atoms with E-state index < -0.39 is 27.9 Å². The number of hydrogen-bond donors (Lipinski definition) is 2. The van der Waals surface area contributed by atoms with Gasteiger partial charge in [-0.25, -0.2) is 13.4 Å². The molecule has 1 amide bonds.